The molecule has 32 heavy (non-hydrogen) atoms. The number of hydrogen-bond acceptors (Lipinski definition) is 7. The van der Waals surface area contributed by atoms with Crippen LogP contribution in [0.25, 0.3) is 6.08 Å². The third-order valence-corrected chi connectivity index (χ3v) is 7.23. The van der Waals surface area contributed by atoms with Gasteiger partial charge in [0.2, 0.25) is 15.9 Å². The Kier molecular flexibility index (Phi) is 6.89. The van der Waals surface area contributed by atoms with E-state index in [4.69, 9.17) is 9.47 Å². The summed E-state index contributed by atoms with van der Waals surface area (Å²) < 4.78 is 40.0. The van der Waals surface area contributed by atoms with Crippen molar-refractivity contribution in [3.63, 3.8) is 0 Å². The molecule has 1 aromatic carbocycles. The van der Waals surface area contributed by atoms with E-state index in [-0.39, 0.29) is 10.8 Å². The first kappa shape index (κ1) is 22.5. The van der Waals surface area contributed by atoms with Gasteiger partial charge in [-0.05, 0) is 24.3 Å². The third-order valence-electron chi connectivity index (χ3n) is 5.34. The predicted molar refractivity (Wildman–Crippen MR) is 120 cm³/mol. The molecule has 0 radical (unpaired) electrons. The Morgan fingerprint density at radius 3 is 2.44 bits per heavy atom. The number of carbonyl (C=O) groups is 1. The second-order valence-electron chi connectivity index (χ2n) is 7.56. The number of benzene rings is 1. The molecule has 2 aliphatic rings. The number of aromatic nitrogens is 2. The van der Waals surface area contributed by atoms with Gasteiger partial charge in [-0.2, -0.15) is 9.40 Å². The maximum absolute atomic E-state index is 13.1. The number of amides is 1. The fraction of sp³-hybridized carbons (Fsp3) is 0.429. The molecule has 0 unspecified atom stereocenters. The van der Waals surface area contributed by atoms with Crippen LogP contribution in [0, 0.1) is 0 Å². The van der Waals surface area contributed by atoms with Crippen molar-refractivity contribution in [1.29, 1.82) is 0 Å². The van der Waals surface area contributed by atoms with Crippen molar-refractivity contribution in [3.05, 3.63) is 42.2 Å². The second-order valence-corrected chi connectivity index (χ2v) is 9.50. The first-order valence-corrected chi connectivity index (χ1v) is 11.9. The largest absolute Gasteiger partial charge is 0.379 e. The van der Waals surface area contributed by atoms with E-state index in [0.29, 0.717) is 58.3 Å². The van der Waals surface area contributed by atoms with Crippen molar-refractivity contribution < 1.29 is 22.7 Å². The van der Waals surface area contributed by atoms with E-state index in [2.05, 4.69) is 15.3 Å². The van der Waals surface area contributed by atoms with Crippen molar-refractivity contribution in [2.45, 2.75) is 4.90 Å². The molecule has 0 saturated carbocycles. The molecular weight excluding hydrogens is 434 g/mol. The minimum absolute atomic E-state index is 0.142. The van der Waals surface area contributed by atoms with Crippen LogP contribution < -0.4 is 10.2 Å². The molecule has 0 spiro atoms. The molecule has 2 aliphatic heterocycles. The Morgan fingerprint density at radius 1 is 1.09 bits per heavy atom. The number of hydrogen-bond donors (Lipinski definition) is 1. The first-order chi connectivity index (χ1) is 15.4. The smallest absolute Gasteiger partial charge is 0.248 e. The molecule has 1 amide bonds. The highest BCUT2D eigenvalue weighted by Gasteiger charge is 2.28. The molecule has 0 bridgehead atoms. The van der Waals surface area contributed by atoms with Crippen LogP contribution in [0.5, 0.6) is 0 Å². The SMILES string of the molecule is Cn1cc(/C=C/C(=O)Nc2cc(S(=O)(=O)N3CCOCC3)ccc2N2CCOCC2)cn1. The summed E-state index contributed by atoms with van der Waals surface area (Å²) >= 11 is 0. The average Bonchev–Trinajstić information content (AvgIpc) is 3.24. The van der Waals surface area contributed by atoms with E-state index in [1.54, 1.807) is 42.3 Å². The van der Waals surface area contributed by atoms with Gasteiger partial charge in [-0.25, -0.2) is 8.42 Å². The summed E-state index contributed by atoms with van der Waals surface area (Å²) in [6, 6.07) is 4.88. The molecular formula is C21H27N5O5S. The number of morpholine rings is 2. The number of ether oxygens (including phenoxy) is 2. The van der Waals surface area contributed by atoms with Gasteiger partial charge in [0, 0.05) is 51.1 Å². The lowest BCUT2D eigenvalue weighted by atomic mass is 10.2. The summed E-state index contributed by atoms with van der Waals surface area (Å²) in [5.74, 6) is -0.357. The molecule has 2 saturated heterocycles. The van der Waals surface area contributed by atoms with Crippen LogP contribution in [0.2, 0.25) is 0 Å². The van der Waals surface area contributed by atoms with E-state index in [9.17, 15) is 13.2 Å². The topological polar surface area (TPSA) is 106 Å². The summed E-state index contributed by atoms with van der Waals surface area (Å²) in [6.07, 6.45) is 6.51. The zero-order chi connectivity index (χ0) is 22.6. The van der Waals surface area contributed by atoms with Gasteiger partial charge in [0.15, 0.2) is 0 Å². The molecule has 1 aromatic heterocycles. The van der Waals surface area contributed by atoms with Gasteiger partial charge in [-0.15, -0.1) is 0 Å². The van der Waals surface area contributed by atoms with Crippen LogP contribution in [0.15, 0.2) is 41.6 Å². The Bertz CT molecular complexity index is 1090. The van der Waals surface area contributed by atoms with Crippen molar-refractivity contribution in [3.8, 4) is 0 Å². The van der Waals surface area contributed by atoms with Crippen LogP contribution in [0.1, 0.15) is 5.56 Å². The maximum Gasteiger partial charge on any atom is 0.248 e. The molecule has 10 nitrogen and oxygen atoms in total. The number of aryl methyl sites for hydroxylation is 1. The number of rotatable bonds is 6. The quantitative estimate of drug-likeness (QED) is 0.638. The molecule has 4 rings (SSSR count). The fourth-order valence-corrected chi connectivity index (χ4v) is 5.10. The molecule has 172 valence electrons. The maximum atomic E-state index is 13.1. The van der Waals surface area contributed by atoms with Gasteiger partial charge in [0.25, 0.3) is 0 Å². The summed E-state index contributed by atoms with van der Waals surface area (Å²) in [6.45, 7) is 3.81. The fourth-order valence-electron chi connectivity index (χ4n) is 3.66. The Hall–Kier alpha value is -2.73. The molecule has 2 aromatic rings. The van der Waals surface area contributed by atoms with Crippen LogP contribution in [-0.4, -0.2) is 81.0 Å². The summed E-state index contributed by atoms with van der Waals surface area (Å²) in [5.41, 5.74) is 2.00. The molecule has 1 N–H and O–H groups in total. The van der Waals surface area contributed by atoms with Crippen molar-refractivity contribution >= 4 is 33.4 Å². The molecule has 2 fully saturated rings. The number of nitrogens with zero attached hydrogens (tertiary/aromatic N) is 4. The van der Waals surface area contributed by atoms with E-state index in [1.807, 2.05) is 0 Å². The number of nitrogens with one attached hydrogen (secondary N) is 1. The predicted octanol–water partition coefficient (Wildman–Crippen LogP) is 0.930. The van der Waals surface area contributed by atoms with Crippen LogP contribution >= 0.6 is 0 Å². The Labute approximate surface area is 187 Å². The first-order valence-electron chi connectivity index (χ1n) is 10.5. The van der Waals surface area contributed by atoms with E-state index in [1.165, 1.54) is 16.4 Å². The average molecular weight is 462 g/mol. The van der Waals surface area contributed by atoms with Crippen LogP contribution in [0.3, 0.4) is 0 Å². The van der Waals surface area contributed by atoms with Gasteiger partial charge < -0.3 is 19.7 Å². The summed E-state index contributed by atoms with van der Waals surface area (Å²) in [4.78, 5) is 14.9. The lowest BCUT2D eigenvalue weighted by Gasteiger charge is -2.31. The highest BCUT2D eigenvalue weighted by atomic mass is 32.2. The van der Waals surface area contributed by atoms with E-state index < -0.39 is 10.0 Å². The Balaban J connectivity index is 1.61. The zero-order valence-corrected chi connectivity index (χ0v) is 18.8. The Morgan fingerprint density at radius 2 is 1.78 bits per heavy atom. The van der Waals surface area contributed by atoms with E-state index >= 15 is 0 Å². The van der Waals surface area contributed by atoms with Gasteiger partial charge >= 0.3 is 0 Å². The normalized spacial score (nSPS) is 18.2. The minimum Gasteiger partial charge on any atom is -0.379 e. The highest BCUT2D eigenvalue weighted by Crippen LogP contribution is 2.31. The lowest BCUT2D eigenvalue weighted by Crippen LogP contribution is -2.40. The number of carbonyl (C=O) groups excluding carboxylic acids is 1. The molecule has 11 heteroatoms. The number of sulfonamides is 1. The molecule has 0 aliphatic carbocycles. The second kappa shape index (κ2) is 9.82. The monoisotopic (exact) mass is 461 g/mol. The van der Waals surface area contributed by atoms with Gasteiger partial charge in [-0.1, -0.05) is 0 Å². The molecule has 3 heterocycles. The van der Waals surface area contributed by atoms with Crippen molar-refractivity contribution in [2.24, 2.45) is 7.05 Å². The minimum atomic E-state index is -3.69. The van der Waals surface area contributed by atoms with E-state index in [0.717, 1.165) is 11.3 Å². The lowest BCUT2D eigenvalue weighted by molar-refractivity contribution is -0.111. The van der Waals surface area contributed by atoms with Gasteiger partial charge in [0.1, 0.15) is 0 Å². The van der Waals surface area contributed by atoms with Crippen molar-refractivity contribution in [1.82, 2.24) is 14.1 Å². The zero-order valence-electron chi connectivity index (χ0n) is 17.9. The van der Waals surface area contributed by atoms with Gasteiger partial charge in [0.05, 0.1) is 48.9 Å². The van der Waals surface area contributed by atoms with Gasteiger partial charge in [-0.3, -0.25) is 9.48 Å². The van der Waals surface area contributed by atoms with Crippen LogP contribution in [0.4, 0.5) is 11.4 Å². The third kappa shape index (κ3) is 5.18. The highest BCUT2D eigenvalue weighted by molar-refractivity contribution is 7.89. The summed E-state index contributed by atoms with van der Waals surface area (Å²) in [5, 5.41) is 6.93. The summed E-state index contributed by atoms with van der Waals surface area (Å²) in [7, 11) is -1.89. The number of anilines is 2. The van der Waals surface area contributed by atoms with Crippen LogP contribution in [-0.2, 0) is 31.3 Å². The molecule has 0 atom stereocenters. The van der Waals surface area contributed by atoms with Crippen molar-refractivity contribution in [2.75, 3.05) is 62.8 Å². The standard InChI is InChI=1S/C21H27N5O5S/c1-24-16-17(15-22-24)2-5-21(27)23-19-14-18(32(28,29)26-8-12-31-13-9-26)3-4-20(19)25-6-10-30-11-7-25/h2-5,14-16H,6-13H2,1H3,(H,23,27)/b5-2+.